The molecule has 2 saturated carbocycles. The van der Waals surface area contributed by atoms with Crippen molar-refractivity contribution >= 4 is 22.0 Å². The number of nitriles is 1. The fourth-order valence-electron chi connectivity index (χ4n) is 5.49. The van der Waals surface area contributed by atoms with Crippen molar-refractivity contribution in [1.29, 1.82) is 5.26 Å². The van der Waals surface area contributed by atoms with Crippen LogP contribution in [-0.2, 0) is 14.8 Å². The smallest absolute Gasteiger partial charge is 0.260 e. The molecule has 1 amide bonds. The summed E-state index contributed by atoms with van der Waals surface area (Å²) in [4.78, 5) is 12.8. The Kier molecular flexibility index (Phi) is 3.61. The van der Waals surface area contributed by atoms with E-state index in [0.29, 0.717) is 11.5 Å². The average Bonchev–Trinajstić information content (AvgIpc) is 3.07. The molecule has 136 valence electrons. The summed E-state index contributed by atoms with van der Waals surface area (Å²) in [5.74, 6) is 0.116. The molecule has 0 aromatic heterocycles. The highest BCUT2D eigenvalue weighted by Gasteiger charge is 2.72. The van der Waals surface area contributed by atoms with E-state index in [0.717, 1.165) is 29.1 Å². The number of carbonyl (C=O) groups excluding carboxylic acids is 1. The molecule has 1 spiro atoms. The molecule has 1 aliphatic heterocycles. The van der Waals surface area contributed by atoms with Gasteiger partial charge in [0.15, 0.2) is 0 Å². The predicted molar refractivity (Wildman–Crippen MR) is 98.2 cm³/mol. The third-order valence-corrected chi connectivity index (χ3v) is 9.00. The van der Waals surface area contributed by atoms with Gasteiger partial charge in [-0.05, 0) is 54.4 Å². The molecule has 4 rings (SSSR count). The molecule has 1 aromatic carbocycles. The lowest BCUT2D eigenvalue weighted by atomic mass is 9.69. The van der Waals surface area contributed by atoms with Gasteiger partial charge in [0.25, 0.3) is 5.91 Å². The average molecular weight is 370 g/mol. The number of hydrogen-bond donors (Lipinski definition) is 0. The van der Waals surface area contributed by atoms with E-state index >= 15 is 0 Å². The lowest BCUT2D eigenvalue weighted by molar-refractivity contribution is -0.123. The van der Waals surface area contributed by atoms with Crippen LogP contribution in [0.4, 0.5) is 0 Å². The first-order valence-electron chi connectivity index (χ1n) is 8.96. The molecule has 0 unspecified atom stereocenters. The molecule has 26 heavy (non-hydrogen) atoms. The Morgan fingerprint density at radius 1 is 1.31 bits per heavy atom. The van der Waals surface area contributed by atoms with Gasteiger partial charge in [0.05, 0.1) is 23.4 Å². The van der Waals surface area contributed by atoms with E-state index < -0.39 is 15.9 Å². The monoisotopic (exact) mass is 370 g/mol. The molecule has 0 N–H and O–H groups in total. The molecule has 3 fully saturated rings. The van der Waals surface area contributed by atoms with E-state index in [9.17, 15) is 13.2 Å². The Labute approximate surface area is 154 Å². The molecule has 1 aromatic rings. The highest BCUT2D eigenvalue weighted by atomic mass is 32.2. The van der Waals surface area contributed by atoms with E-state index in [2.05, 4.69) is 13.8 Å². The number of nitrogens with zero attached hydrogens (tertiary/aromatic N) is 2. The lowest BCUT2D eigenvalue weighted by Gasteiger charge is -2.36. The van der Waals surface area contributed by atoms with Crippen molar-refractivity contribution in [3.8, 4) is 6.07 Å². The van der Waals surface area contributed by atoms with Gasteiger partial charge in [0.1, 0.15) is 0 Å². The summed E-state index contributed by atoms with van der Waals surface area (Å²) < 4.78 is 26.8. The Hall–Kier alpha value is -2.13. The number of benzene rings is 1. The van der Waals surface area contributed by atoms with Gasteiger partial charge in [-0.25, -0.2) is 12.7 Å². The van der Waals surface area contributed by atoms with E-state index in [1.54, 1.807) is 30.3 Å². The first-order valence-corrected chi connectivity index (χ1v) is 10.6. The summed E-state index contributed by atoms with van der Waals surface area (Å²) >= 11 is 0. The van der Waals surface area contributed by atoms with Crippen molar-refractivity contribution in [3.63, 3.8) is 0 Å². The third kappa shape index (κ3) is 2.20. The second-order valence-electron chi connectivity index (χ2n) is 8.32. The van der Waals surface area contributed by atoms with E-state index in [1.807, 2.05) is 6.07 Å². The third-order valence-electron chi connectivity index (χ3n) is 7.09. The van der Waals surface area contributed by atoms with Gasteiger partial charge in [-0.1, -0.05) is 26.0 Å². The standard InChI is InChI=1S/C20H22N2O3S/c1-19(2)16-9-10-20(19)13-26(24,25)22(17(20)11-16)18(23)8-7-14-3-5-15(12-21)6-4-14/h3-8,16-17H,9-11,13H2,1-2H3/b8-7+/t16-,17-,20-/m1/s1. The van der Waals surface area contributed by atoms with Crippen LogP contribution in [0.15, 0.2) is 30.3 Å². The largest absolute Gasteiger partial charge is 0.269 e. The van der Waals surface area contributed by atoms with Crippen molar-refractivity contribution in [1.82, 2.24) is 4.31 Å². The van der Waals surface area contributed by atoms with Gasteiger partial charge >= 0.3 is 0 Å². The van der Waals surface area contributed by atoms with Gasteiger partial charge in [0, 0.05) is 11.5 Å². The van der Waals surface area contributed by atoms with Crippen molar-refractivity contribution in [3.05, 3.63) is 41.5 Å². The SMILES string of the molecule is CC1(C)[C@@H]2CC[C@]13CS(=O)(=O)N(C(=O)/C=C/c1ccc(C#N)cc1)[C@@H]3C2. The molecule has 2 bridgehead atoms. The summed E-state index contributed by atoms with van der Waals surface area (Å²) in [5, 5.41) is 8.83. The van der Waals surface area contributed by atoms with Crippen LogP contribution in [0.2, 0.25) is 0 Å². The van der Waals surface area contributed by atoms with Crippen LogP contribution in [0, 0.1) is 28.1 Å². The maximum Gasteiger partial charge on any atom is 0.260 e. The predicted octanol–water partition coefficient (Wildman–Crippen LogP) is 2.94. The Morgan fingerprint density at radius 3 is 2.62 bits per heavy atom. The second kappa shape index (κ2) is 5.43. The van der Waals surface area contributed by atoms with Crippen LogP contribution < -0.4 is 0 Å². The number of fused-ring (bicyclic) bond motifs is 1. The Balaban J connectivity index is 1.62. The van der Waals surface area contributed by atoms with Gasteiger partial charge in [0.2, 0.25) is 10.0 Å². The first-order chi connectivity index (χ1) is 12.2. The molecule has 1 saturated heterocycles. The minimum absolute atomic E-state index is 0.0450. The first kappa shape index (κ1) is 17.3. The van der Waals surface area contributed by atoms with Crippen LogP contribution >= 0.6 is 0 Å². The van der Waals surface area contributed by atoms with Gasteiger partial charge in [-0.2, -0.15) is 5.26 Å². The Bertz CT molecular complexity index is 940. The minimum Gasteiger partial charge on any atom is -0.269 e. The number of sulfonamides is 1. The quantitative estimate of drug-likeness (QED) is 0.750. The number of carbonyl (C=O) groups is 1. The fraction of sp³-hybridized carbons (Fsp3) is 0.500. The second-order valence-corrected chi connectivity index (χ2v) is 10.2. The zero-order valence-corrected chi connectivity index (χ0v) is 15.8. The van der Waals surface area contributed by atoms with Crippen molar-refractivity contribution in [2.24, 2.45) is 16.7 Å². The normalized spacial score (nSPS) is 33.3. The fourth-order valence-corrected chi connectivity index (χ4v) is 8.00. The van der Waals surface area contributed by atoms with Crippen LogP contribution in [-0.4, -0.2) is 30.4 Å². The molecule has 1 heterocycles. The molecule has 3 atom stereocenters. The van der Waals surface area contributed by atoms with Gasteiger partial charge in [-0.15, -0.1) is 0 Å². The zero-order chi connectivity index (χ0) is 18.7. The number of hydrogen-bond acceptors (Lipinski definition) is 4. The van der Waals surface area contributed by atoms with Gasteiger partial charge < -0.3 is 0 Å². The molecular weight excluding hydrogens is 348 g/mol. The maximum absolute atomic E-state index is 12.8. The van der Waals surface area contributed by atoms with Crippen LogP contribution in [0.3, 0.4) is 0 Å². The van der Waals surface area contributed by atoms with E-state index in [1.165, 1.54) is 6.08 Å². The van der Waals surface area contributed by atoms with Crippen LogP contribution in [0.25, 0.3) is 6.08 Å². The lowest BCUT2D eigenvalue weighted by Crippen LogP contribution is -2.43. The number of amides is 1. The molecule has 3 aliphatic rings. The van der Waals surface area contributed by atoms with Crippen molar-refractivity contribution in [2.45, 2.75) is 39.2 Å². The minimum atomic E-state index is -3.59. The summed E-state index contributed by atoms with van der Waals surface area (Å²) in [6, 6.07) is 8.65. The zero-order valence-electron chi connectivity index (χ0n) is 15.0. The van der Waals surface area contributed by atoms with Crippen molar-refractivity contribution < 1.29 is 13.2 Å². The summed E-state index contributed by atoms with van der Waals surface area (Å²) in [5.41, 5.74) is 0.962. The summed E-state index contributed by atoms with van der Waals surface area (Å²) in [6.45, 7) is 4.33. The number of rotatable bonds is 2. The maximum atomic E-state index is 12.8. The molecule has 5 nitrogen and oxygen atoms in total. The van der Waals surface area contributed by atoms with E-state index in [4.69, 9.17) is 5.26 Å². The molecular formula is C20H22N2O3S. The van der Waals surface area contributed by atoms with Crippen molar-refractivity contribution in [2.75, 3.05) is 5.75 Å². The topological polar surface area (TPSA) is 78.2 Å². The van der Waals surface area contributed by atoms with Gasteiger partial charge in [-0.3, -0.25) is 4.79 Å². The molecule has 0 radical (unpaired) electrons. The Morgan fingerprint density at radius 2 is 2.00 bits per heavy atom. The van der Waals surface area contributed by atoms with Crippen LogP contribution in [0.1, 0.15) is 44.2 Å². The molecule has 6 heteroatoms. The van der Waals surface area contributed by atoms with E-state index in [-0.39, 0.29) is 22.6 Å². The summed E-state index contributed by atoms with van der Waals surface area (Å²) in [6.07, 6.45) is 5.68. The molecule has 2 aliphatic carbocycles. The summed E-state index contributed by atoms with van der Waals surface area (Å²) in [7, 11) is -3.59. The highest BCUT2D eigenvalue weighted by Crippen LogP contribution is 2.69. The van der Waals surface area contributed by atoms with Crippen LogP contribution in [0.5, 0.6) is 0 Å². The highest BCUT2D eigenvalue weighted by molar-refractivity contribution is 7.90.